The molecule has 6 nitrogen and oxygen atoms in total. The van der Waals surface area contributed by atoms with Crippen LogP contribution in [0.1, 0.15) is 17.0 Å². The molecular formula is C23H17N3O3S. The van der Waals surface area contributed by atoms with Gasteiger partial charge in [-0.2, -0.15) is 5.26 Å². The van der Waals surface area contributed by atoms with Crippen molar-refractivity contribution < 1.29 is 9.53 Å². The van der Waals surface area contributed by atoms with Crippen molar-refractivity contribution in [1.29, 1.82) is 5.26 Å². The minimum absolute atomic E-state index is 0.0305. The highest BCUT2D eigenvalue weighted by Crippen LogP contribution is 2.36. The number of allylic oxidation sites excluding steroid dienone is 1. The quantitative estimate of drug-likeness (QED) is 0.654. The lowest BCUT2D eigenvalue weighted by molar-refractivity contribution is -0.134. The molecule has 148 valence electrons. The molecule has 4 rings (SSSR count). The number of nitriles is 1. The van der Waals surface area contributed by atoms with Crippen LogP contribution < -0.4 is 20.5 Å². The highest BCUT2D eigenvalue weighted by molar-refractivity contribution is 7.07. The van der Waals surface area contributed by atoms with E-state index in [1.807, 2.05) is 60.7 Å². The number of nitrogens with two attached hydrogens (primary N) is 1. The fraction of sp³-hybridized carbons (Fsp3) is 0.0870. The maximum Gasteiger partial charge on any atom is 0.337 e. The van der Waals surface area contributed by atoms with Gasteiger partial charge in [0, 0.05) is 0 Å². The van der Waals surface area contributed by atoms with Gasteiger partial charge in [0.15, 0.2) is 0 Å². The fourth-order valence-electron chi connectivity index (χ4n) is 3.53. The maximum absolute atomic E-state index is 13.1. The van der Waals surface area contributed by atoms with E-state index in [0.29, 0.717) is 9.20 Å². The van der Waals surface area contributed by atoms with E-state index >= 15 is 0 Å². The lowest BCUT2D eigenvalue weighted by Gasteiger charge is -2.24. The summed E-state index contributed by atoms with van der Waals surface area (Å²) in [4.78, 5) is 26.0. The zero-order chi connectivity index (χ0) is 21.3. The Labute approximate surface area is 176 Å². The Morgan fingerprint density at radius 3 is 2.40 bits per heavy atom. The van der Waals surface area contributed by atoms with E-state index < -0.39 is 11.9 Å². The van der Waals surface area contributed by atoms with Gasteiger partial charge in [0.05, 0.1) is 34.8 Å². The molecule has 0 aliphatic carbocycles. The van der Waals surface area contributed by atoms with Crippen molar-refractivity contribution in [3.05, 3.63) is 96.9 Å². The van der Waals surface area contributed by atoms with Crippen LogP contribution in [-0.4, -0.2) is 17.6 Å². The average molecular weight is 415 g/mol. The summed E-state index contributed by atoms with van der Waals surface area (Å²) in [7, 11) is 1.28. The summed E-state index contributed by atoms with van der Waals surface area (Å²) in [5.74, 6) is -1.29. The van der Waals surface area contributed by atoms with Crippen LogP contribution in [-0.2, 0) is 9.53 Å². The van der Waals surface area contributed by atoms with Gasteiger partial charge in [-0.15, -0.1) is 11.3 Å². The second-order valence-electron chi connectivity index (χ2n) is 6.63. The lowest BCUT2D eigenvalue weighted by atomic mass is 9.84. The van der Waals surface area contributed by atoms with Crippen LogP contribution in [0.4, 0.5) is 0 Å². The lowest BCUT2D eigenvalue weighted by Crippen LogP contribution is -2.40. The molecule has 30 heavy (non-hydrogen) atoms. The van der Waals surface area contributed by atoms with Crippen LogP contribution in [0.5, 0.6) is 0 Å². The van der Waals surface area contributed by atoms with Gasteiger partial charge in [-0.25, -0.2) is 4.79 Å². The molecule has 1 aliphatic heterocycles. The number of hydrogen-bond acceptors (Lipinski definition) is 6. The molecule has 3 aromatic rings. The number of thiazole rings is 1. The average Bonchev–Trinajstić information content (AvgIpc) is 3.10. The smallest absolute Gasteiger partial charge is 0.337 e. The van der Waals surface area contributed by atoms with Gasteiger partial charge < -0.3 is 10.5 Å². The monoisotopic (exact) mass is 415 g/mol. The molecule has 2 aromatic carbocycles. The van der Waals surface area contributed by atoms with Crippen molar-refractivity contribution in [2.75, 3.05) is 7.11 Å². The van der Waals surface area contributed by atoms with Crippen LogP contribution in [0.15, 0.2) is 71.0 Å². The Balaban J connectivity index is 2.12. The van der Waals surface area contributed by atoms with Crippen LogP contribution in [0.25, 0.3) is 17.5 Å². The number of rotatable bonds is 3. The van der Waals surface area contributed by atoms with Crippen molar-refractivity contribution in [2.24, 2.45) is 5.73 Å². The van der Waals surface area contributed by atoms with E-state index in [9.17, 15) is 14.9 Å². The highest BCUT2D eigenvalue weighted by Gasteiger charge is 2.35. The van der Waals surface area contributed by atoms with Crippen molar-refractivity contribution in [2.45, 2.75) is 5.92 Å². The molecule has 2 heterocycles. The minimum atomic E-state index is -0.716. The summed E-state index contributed by atoms with van der Waals surface area (Å²) in [6, 6.07) is 20.6. The fourth-order valence-corrected chi connectivity index (χ4v) is 4.70. The Morgan fingerprint density at radius 1 is 1.17 bits per heavy atom. The molecule has 0 radical (unpaired) electrons. The Kier molecular flexibility index (Phi) is 5.09. The van der Waals surface area contributed by atoms with Gasteiger partial charge in [-0.05, 0) is 17.2 Å². The Hall–Kier alpha value is -3.89. The summed E-state index contributed by atoms with van der Waals surface area (Å²) in [5, 5.41) is 9.85. The predicted octanol–water partition coefficient (Wildman–Crippen LogP) is 1.51. The molecule has 0 fully saturated rings. The first-order chi connectivity index (χ1) is 14.6. The number of nitrogens with zero attached hydrogens (tertiary/aromatic N) is 2. The second kappa shape index (κ2) is 7.85. The maximum atomic E-state index is 13.1. The number of esters is 1. The second-order valence-corrected chi connectivity index (χ2v) is 7.66. The molecule has 0 saturated heterocycles. The molecule has 0 saturated carbocycles. The number of benzene rings is 2. The molecule has 0 unspecified atom stereocenters. The largest absolute Gasteiger partial charge is 0.466 e. The Bertz CT molecular complexity index is 1380. The number of carbonyl (C=O) groups is 1. The molecule has 1 aliphatic rings. The summed E-state index contributed by atoms with van der Waals surface area (Å²) < 4.78 is 7.05. The predicted molar refractivity (Wildman–Crippen MR) is 115 cm³/mol. The minimum Gasteiger partial charge on any atom is -0.466 e. The zero-order valence-corrected chi connectivity index (χ0v) is 16.8. The van der Waals surface area contributed by atoms with Crippen molar-refractivity contribution in [1.82, 2.24) is 4.57 Å². The number of fused-ring (bicyclic) bond motifs is 1. The SMILES string of the molecule is COC(=O)C1=c2sc(=Cc3ccccc3)c(=O)n2C(N)=C(C#N)[C@@H]1c1ccccc1. The van der Waals surface area contributed by atoms with E-state index in [4.69, 9.17) is 10.5 Å². The van der Waals surface area contributed by atoms with Crippen molar-refractivity contribution in [3.63, 3.8) is 0 Å². The van der Waals surface area contributed by atoms with Crippen LogP contribution in [0.2, 0.25) is 0 Å². The Morgan fingerprint density at radius 2 is 1.80 bits per heavy atom. The number of methoxy groups -OCH3 is 1. The highest BCUT2D eigenvalue weighted by atomic mass is 32.1. The van der Waals surface area contributed by atoms with E-state index in [2.05, 4.69) is 6.07 Å². The first kappa shape index (κ1) is 19.4. The first-order valence-corrected chi connectivity index (χ1v) is 9.94. The van der Waals surface area contributed by atoms with E-state index in [0.717, 1.165) is 22.5 Å². The topological polar surface area (TPSA) is 98.1 Å². The van der Waals surface area contributed by atoms with Crippen LogP contribution >= 0.6 is 11.3 Å². The molecule has 1 atom stereocenters. The van der Waals surface area contributed by atoms with Crippen molar-refractivity contribution in [3.8, 4) is 6.07 Å². The molecule has 7 heteroatoms. The zero-order valence-electron chi connectivity index (χ0n) is 16.0. The summed E-state index contributed by atoms with van der Waals surface area (Å²) in [5.41, 5.74) is 7.84. The molecule has 0 amide bonds. The van der Waals surface area contributed by atoms with Gasteiger partial charge in [-0.3, -0.25) is 9.36 Å². The van der Waals surface area contributed by atoms with Gasteiger partial charge in [0.1, 0.15) is 10.5 Å². The molecule has 0 spiro atoms. The van der Waals surface area contributed by atoms with Crippen molar-refractivity contribution >= 4 is 34.8 Å². The summed E-state index contributed by atoms with van der Waals surface area (Å²) >= 11 is 1.16. The van der Waals surface area contributed by atoms with E-state index in [-0.39, 0.29) is 22.5 Å². The first-order valence-electron chi connectivity index (χ1n) is 9.13. The van der Waals surface area contributed by atoms with Crippen LogP contribution in [0.3, 0.4) is 0 Å². The van der Waals surface area contributed by atoms with Gasteiger partial charge >= 0.3 is 5.97 Å². The summed E-state index contributed by atoms with van der Waals surface area (Å²) in [6.45, 7) is 0. The number of carbonyl (C=O) groups excluding carboxylic acids is 1. The third-order valence-electron chi connectivity index (χ3n) is 4.90. The normalized spacial score (nSPS) is 16.2. The van der Waals surface area contributed by atoms with E-state index in [1.165, 1.54) is 11.7 Å². The standard InChI is InChI=1S/C23H17N3O3S/c1-29-23(28)19-18(15-10-6-3-7-11-15)16(13-24)20(25)26-21(27)17(30-22(19)26)12-14-8-4-2-5-9-14/h2-12,18H,25H2,1H3/t18-/m0/s1. The molecule has 2 N–H and O–H groups in total. The van der Waals surface area contributed by atoms with E-state index in [1.54, 1.807) is 6.08 Å². The number of aromatic nitrogens is 1. The number of hydrogen-bond donors (Lipinski definition) is 1. The van der Waals surface area contributed by atoms with Gasteiger partial charge in [0.2, 0.25) is 0 Å². The van der Waals surface area contributed by atoms with Crippen LogP contribution in [0, 0.1) is 11.3 Å². The number of ether oxygens (including phenoxy) is 1. The molecule has 1 aromatic heterocycles. The third-order valence-corrected chi connectivity index (χ3v) is 6.01. The molecule has 0 bridgehead atoms. The van der Waals surface area contributed by atoms with Gasteiger partial charge in [-0.1, -0.05) is 60.7 Å². The summed E-state index contributed by atoms with van der Waals surface area (Å²) in [6.07, 6.45) is 1.74. The van der Waals surface area contributed by atoms with Gasteiger partial charge in [0.25, 0.3) is 5.56 Å². The third kappa shape index (κ3) is 3.13. The molecular weight excluding hydrogens is 398 g/mol.